The molecule has 36 heavy (non-hydrogen) atoms. The predicted octanol–water partition coefficient (Wildman–Crippen LogP) is 5.71. The largest absolute Gasteiger partial charge is 0.494 e. The SMILES string of the molecule is COc1cc([N+](=O)[O-])ccc1-n1c(C)cc([C@H]2[C@@H](c3ccccn3)NC(=S)N2C2CCCCC2)c1C. The quantitative estimate of drug-likeness (QED) is 0.261. The summed E-state index contributed by atoms with van der Waals surface area (Å²) in [6.45, 7) is 4.15. The number of hydrogen-bond acceptors (Lipinski definition) is 5. The first-order valence-corrected chi connectivity index (χ1v) is 12.8. The molecule has 3 heterocycles. The molecule has 1 aliphatic carbocycles. The average molecular weight is 506 g/mol. The number of non-ortho nitro benzene ring substituents is 1. The van der Waals surface area contributed by atoms with Crippen molar-refractivity contribution in [1.82, 2.24) is 19.8 Å². The molecule has 1 N–H and O–H groups in total. The van der Waals surface area contributed by atoms with E-state index in [1.54, 1.807) is 13.2 Å². The number of nitrogens with zero attached hydrogens (tertiary/aromatic N) is 4. The Hall–Kier alpha value is -3.46. The van der Waals surface area contributed by atoms with Crippen LogP contribution in [0, 0.1) is 24.0 Å². The second-order valence-corrected chi connectivity index (χ2v) is 9.99. The van der Waals surface area contributed by atoms with Crippen molar-refractivity contribution in [2.45, 2.75) is 64.1 Å². The minimum atomic E-state index is -0.405. The maximum Gasteiger partial charge on any atom is 0.273 e. The van der Waals surface area contributed by atoms with Crippen LogP contribution in [0.3, 0.4) is 0 Å². The van der Waals surface area contributed by atoms with Gasteiger partial charge in [0.05, 0.1) is 41.6 Å². The fourth-order valence-corrected chi connectivity index (χ4v) is 6.26. The van der Waals surface area contributed by atoms with Crippen LogP contribution in [0.25, 0.3) is 5.69 Å². The van der Waals surface area contributed by atoms with Gasteiger partial charge in [0.15, 0.2) is 5.11 Å². The van der Waals surface area contributed by atoms with E-state index < -0.39 is 4.92 Å². The molecule has 2 atom stereocenters. The van der Waals surface area contributed by atoms with Crippen LogP contribution in [0.1, 0.15) is 66.8 Å². The minimum Gasteiger partial charge on any atom is -0.494 e. The van der Waals surface area contributed by atoms with Gasteiger partial charge in [-0.1, -0.05) is 25.3 Å². The van der Waals surface area contributed by atoms with Crippen LogP contribution in [-0.4, -0.2) is 37.6 Å². The van der Waals surface area contributed by atoms with E-state index in [0.29, 0.717) is 11.8 Å². The zero-order chi connectivity index (χ0) is 25.4. The van der Waals surface area contributed by atoms with Crippen molar-refractivity contribution in [2.75, 3.05) is 7.11 Å². The number of ether oxygens (including phenoxy) is 1. The van der Waals surface area contributed by atoms with Gasteiger partial charge >= 0.3 is 0 Å². The number of rotatable bonds is 6. The van der Waals surface area contributed by atoms with Gasteiger partial charge in [0.1, 0.15) is 5.75 Å². The molecular weight excluding hydrogens is 474 g/mol. The molecule has 5 rings (SSSR count). The van der Waals surface area contributed by atoms with Crippen molar-refractivity contribution in [3.05, 3.63) is 81.4 Å². The molecule has 2 aliphatic rings. The molecular formula is C27H31N5O3S. The number of thiocarbonyl (C=S) groups is 1. The number of methoxy groups -OCH3 is 1. The average Bonchev–Trinajstić information content (AvgIpc) is 3.39. The summed E-state index contributed by atoms with van der Waals surface area (Å²) in [4.78, 5) is 18.0. The van der Waals surface area contributed by atoms with Crippen LogP contribution in [0.2, 0.25) is 0 Å². The Morgan fingerprint density at radius 2 is 1.92 bits per heavy atom. The fraction of sp³-hybridized carbons (Fsp3) is 0.407. The molecule has 8 nitrogen and oxygen atoms in total. The van der Waals surface area contributed by atoms with Gasteiger partial charge in [-0.05, 0) is 68.7 Å². The number of pyridine rings is 1. The Morgan fingerprint density at radius 3 is 2.58 bits per heavy atom. The minimum absolute atomic E-state index is 0.00215. The van der Waals surface area contributed by atoms with Crippen LogP contribution < -0.4 is 10.1 Å². The van der Waals surface area contributed by atoms with Gasteiger partial charge in [-0.15, -0.1) is 0 Å². The smallest absolute Gasteiger partial charge is 0.273 e. The lowest BCUT2D eigenvalue weighted by Crippen LogP contribution is -2.40. The first-order chi connectivity index (χ1) is 17.4. The summed E-state index contributed by atoms with van der Waals surface area (Å²) in [7, 11) is 1.54. The van der Waals surface area contributed by atoms with E-state index in [9.17, 15) is 10.1 Å². The van der Waals surface area contributed by atoms with Gasteiger partial charge in [-0.2, -0.15) is 0 Å². The monoisotopic (exact) mass is 505 g/mol. The summed E-state index contributed by atoms with van der Waals surface area (Å²) < 4.78 is 7.70. The Bertz CT molecular complexity index is 1290. The number of nitrogens with one attached hydrogen (secondary N) is 1. The van der Waals surface area contributed by atoms with Gasteiger partial charge < -0.3 is 19.5 Å². The molecule has 1 saturated carbocycles. The number of aromatic nitrogens is 2. The lowest BCUT2D eigenvalue weighted by molar-refractivity contribution is -0.384. The van der Waals surface area contributed by atoms with Gasteiger partial charge in [-0.25, -0.2) is 0 Å². The summed E-state index contributed by atoms with van der Waals surface area (Å²) in [5, 5.41) is 15.7. The summed E-state index contributed by atoms with van der Waals surface area (Å²) in [6, 6.07) is 13.3. The molecule has 0 amide bonds. The molecule has 0 unspecified atom stereocenters. The lowest BCUT2D eigenvalue weighted by atomic mass is 9.90. The standard InChI is InChI=1S/C27H31N5O3S/c1-17-15-21(18(2)30(17)23-13-12-20(32(33)34)16-24(23)35-3)26-25(22-11-7-8-14-28-22)29-27(36)31(26)19-9-5-4-6-10-19/h7-8,11-16,19,25-26H,4-6,9-10H2,1-3H3,(H,29,36)/t25-,26+/m1/s1. The van der Waals surface area contributed by atoms with Crippen LogP contribution >= 0.6 is 12.2 Å². The number of hydrogen-bond donors (Lipinski definition) is 1. The van der Waals surface area contributed by atoms with E-state index in [1.807, 2.05) is 18.3 Å². The van der Waals surface area contributed by atoms with E-state index in [0.717, 1.165) is 40.7 Å². The zero-order valence-electron chi connectivity index (χ0n) is 20.8. The first-order valence-electron chi connectivity index (χ1n) is 12.4. The molecule has 1 saturated heterocycles. The predicted molar refractivity (Wildman–Crippen MR) is 143 cm³/mol. The molecule has 1 aromatic carbocycles. The van der Waals surface area contributed by atoms with Crippen molar-refractivity contribution in [3.8, 4) is 11.4 Å². The molecule has 1 aliphatic heterocycles. The molecule has 9 heteroatoms. The highest BCUT2D eigenvalue weighted by Gasteiger charge is 2.44. The van der Waals surface area contributed by atoms with Gasteiger partial charge in [0.2, 0.25) is 0 Å². The number of nitro benzene ring substituents is 1. The summed E-state index contributed by atoms with van der Waals surface area (Å²) in [6.07, 6.45) is 7.77. The zero-order valence-corrected chi connectivity index (χ0v) is 21.6. The van der Waals surface area contributed by atoms with E-state index in [2.05, 4.69) is 45.7 Å². The fourth-order valence-electron chi connectivity index (χ4n) is 5.87. The second kappa shape index (κ2) is 9.89. The summed E-state index contributed by atoms with van der Waals surface area (Å²) in [5.74, 6) is 0.461. The van der Waals surface area contributed by atoms with E-state index in [1.165, 1.54) is 37.0 Å². The van der Waals surface area contributed by atoms with E-state index in [-0.39, 0.29) is 17.8 Å². The Labute approximate surface area is 216 Å². The van der Waals surface area contributed by atoms with E-state index >= 15 is 0 Å². The van der Waals surface area contributed by atoms with Crippen LogP contribution in [-0.2, 0) is 0 Å². The van der Waals surface area contributed by atoms with Crippen molar-refractivity contribution in [2.24, 2.45) is 0 Å². The summed E-state index contributed by atoms with van der Waals surface area (Å²) in [5.41, 5.74) is 4.98. The van der Waals surface area contributed by atoms with Crippen molar-refractivity contribution in [3.63, 3.8) is 0 Å². The third kappa shape index (κ3) is 4.21. The molecule has 0 bridgehead atoms. The lowest BCUT2D eigenvalue weighted by Gasteiger charge is -2.37. The highest BCUT2D eigenvalue weighted by Crippen LogP contribution is 2.45. The van der Waals surface area contributed by atoms with Gasteiger partial charge in [0, 0.05) is 29.7 Å². The van der Waals surface area contributed by atoms with E-state index in [4.69, 9.17) is 17.0 Å². The third-order valence-corrected chi connectivity index (χ3v) is 7.84. The molecule has 188 valence electrons. The topological polar surface area (TPSA) is 85.5 Å². The Kier molecular flexibility index (Phi) is 6.66. The number of nitro groups is 1. The van der Waals surface area contributed by atoms with Crippen molar-refractivity contribution < 1.29 is 9.66 Å². The van der Waals surface area contributed by atoms with Gasteiger partial charge in [-0.3, -0.25) is 15.1 Å². The number of aryl methyl sites for hydroxylation is 1. The molecule has 2 aromatic heterocycles. The normalized spacial score (nSPS) is 20.4. The highest BCUT2D eigenvalue weighted by molar-refractivity contribution is 7.80. The first kappa shape index (κ1) is 24.2. The second-order valence-electron chi connectivity index (χ2n) is 9.60. The number of benzene rings is 1. The van der Waals surface area contributed by atoms with Crippen LogP contribution in [0.15, 0.2) is 48.7 Å². The van der Waals surface area contributed by atoms with Crippen LogP contribution in [0.4, 0.5) is 5.69 Å². The van der Waals surface area contributed by atoms with Gasteiger partial charge in [0.25, 0.3) is 5.69 Å². The molecule has 2 fully saturated rings. The molecule has 0 spiro atoms. The van der Waals surface area contributed by atoms with Crippen LogP contribution in [0.5, 0.6) is 5.75 Å². The molecule has 0 radical (unpaired) electrons. The van der Waals surface area contributed by atoms with Crippen molar-refractivity contribution in [1.29, 1.82) is 0 Å². The third-order valence-electron chi connectivity index (χ3n) is 7.51. The maximum absolute atomic E-state index is 11.3. The maximum atomic E-state index is 11.3. The Balaban J connectivity index is 1.63. The summed E-state index contributed by atoms with van der Waals surface area (Å²) >= 11 is 5.93. The van der Waals surface area contributed by atoms with Crippen molar-refractivity contribution >= 4 is 23.0 Å². The Morgan fingerprint density at radius 1 is 1.14 bits per heavy atom. The highest BCUT2D eigenvalue weighted by atomic mass is 32.1. The molecule has 3 aromatic rings.